The Labute approximate surface area is 78.0 Å². The van der Waals surface area contributed by atoms with Crippen LogP contribution >= 0.6 is 0 Å². The van der Waals surface area contributed by atoms with Gasteiger partial charge in [-0.15, -0.1) is 0 Å². The largest absolute Gasteiger partial charge is 0.244 e. The normalized spacial score (nSPS) is 20.5. The lowest BCUT2D eigenvalue weighted by Crippen LogP contribution is -1.90. The highest BCUT2D eigenvalue weighted by Gasteiger charge is 2.07. The van der Waals surface area contributed by atoms with Crippen LogP contribution in [0, 0.1) is 5.92 Å². The third-order valence-corrected chi connectivity index (χ3v) is 2.24. The molecule has 1 aliphatic rings. The third-order valence-electron chi connectivity index (χ3n) is 2.24. The average molecular weight is 172 g/mol. The number of hydrogen-bond acceptors (Lipinski definition) is 2. The molecule has 2 rings (SSSR count). The maximum Gasteiger partial charge on any atom is 0.116 e. The molecule has 0 amide bonds. The quantitative estimate of drug-likeness (QED) is 0.601. The molecule has 1 aliphatic carbocycles. The van der Waals surface area contributed by atoms with E-state index < -0.39 is 0 Å². The molecular weight excluding hydrogens is 160 g/mol. The van der Waals surface area contributed by atoms with Gasteiger partial charge < -0.3 is 0 Å². The van der Waals surface area contributed by atoms with Gasteiger partial charge in [0.25, 0.3) is 0 Å². The third kappa shape index (κ3) is 1.52. The van der Waals surface area contributed by atoms with Crippen LogP contribution in [0.5, 0.6) is 0 Å². The molecule has 1 aromatic heterocycles. The second kappa shape index (κ2) is 3.13. The molecule has 0 fully saturated rings. The summed E-state index contributed by atoms with van der Waals surface area (Å²) in [6.45, 7) is 4.27. The maximum atomic E-state index is 4.23. The van der Waals surface area contributed by atoms with Crippen LogP contribution in [0.4, 0.5) is 0 Å². The van der Waals surface area contributed by atoms with Crippen LogP contribution in [0.2, 0.25) is 0 Å². The maximum absolute atomic E-state index is 4.23. The second-order valence-corrected chi connectivity index (χ2v) is 3.39. The number of hydrogen-bond donors (Lipinski definition) is 0. The van der Waals surface area contributed by atoms with E-state index in [2.05, 4.69) is 42.0 Å². The highest BCUT2D eigenvalue weighted by atomic mass is 14.8. The van der Waals surface area contributed by atoms with Gasteiger partial charge in [-0.3, -0.25) is 0 Å². The van der Waals surface area contributed by atoms with E-state index in [0.717, 1.165) is 11.3 Å². The van der Waals surface area contributed by atoms with Gasteiger partial charge in [0.15, 0.2) is 0 Å². The summed E-state index contributed by atoms with van der Waals surface area (Å²) >= 11 is 0. The van der Waals surface area contributed by atoms with Gasteiger partial charge in [0, 0.05) is 11.8 Å². The lowest BCUT2D eigenvalue weighted by molar-refractivity contribution is 0.949. The first-order valence-corrected chi connectivity index (χ1v) is 4.44. The zero-order valence-electron chi connectivity index (χ0n) is 7.86. The summed E-state index contributed by atoms with van der Waals surface area (Å²) in [6, 6.07) is 0. The first-order valence-electron chi connectivity index (χ1n) is 4.44. The molecule has 0 bridgehead atoms. The first-order chi connectivity index (χ1) is 6.27. The second-order valence-electron chi connectivity index (χ2n) is 3.39. The van der Waals surface area contributed by atoms with Gasteiger partial charge in [0.05, 0.1) is 5.69 Å². The number of aromatic nitrogens is 2. The first kappa shape index (κ1) is 8.17. The van der Waals surface area contributed by atoms with E-state index in [1.807, 2.05) is 6.20 Å². The summed E-state index contributed by atoms with van der Waals surface area (Å²) in [5.74, 6) is 0.481. The van der Waals surface area contributed by atoms with Crippen molar-refractivity contribution < 1.29 is 0 Å². The Morgan fingerprint density at radius 2 is 2.23 bits per heavy atom. The predicted octanol–water partition coefficient (Wildman–Crippen LogP) is 2.54. The standard InChI is InChI=1S/C11H12N2/c1-8-3-4-11-10(9(2)5-8)6-12-7-13-11/h3-8H,1-2H3. The van der Waals surface area contributed by atoms with Crippen molar-refractivity contribution in [3.8, 4) is 0 Å². The fourth-order valence-electron chi connectivity index (χ4n) is 1.56. The molecule has 2 heteroatoms. The molecule has 0 aromatic carbocycles. The minimum absolute atomic E-state index is 0.481. The summed E-state index contributed by atoms with van der Waals surface area (Å²) in [4.78, 5) is 8.25. The summed E-state index contributed by atoms with van der Waals surface area (Å²) < 4.78 is 0. The number of allylic oxidation sites excluding steroid dienone is 3. The van der Waals surface area contributed by atoms with E-state index in [0.29, 0.717) is 5.92 Å². The molecule has 1 aromatic rings. The Balaban J connectivity index is 2.59. The highest BCUT2D eigenvalue weighted by Crippen LogP contribution is 2.23. The average Bonchev–Trinajstić information content (AvgIpc) is 2.27. The molecule has 0 spiro atoms. The van der Waals surface area contributed by atoms with Crippen molar-refractivity contribution in [2.75, 3.05) is 0 Å². The van der Waals surface area contributed by atoms with E-state index in [4.69, 9.17) is 0 Å². The SMILES string of the molecule is CC1=CC(C)C=Cc2ncncc21. The van der Waals surface area contributed by atoms with E-state index in [9.17, 15) is 0 Å². The van der Waals surface area contributed by atoms with Crippen molar-refractivity contribution in [2.24, 2.45) is 5.92 Å². The summed E-state index contributed by atoms with van der Waals surface area (Å²) in [5, 5.41) is 0. The Morgan fingerprint density at radius 1 is 1.38 bits per heavy atom. The number of nitrogens with zero attached hydrogens (tertiary/aromatic N) is 2. The monoisotopic (exact) mass is 172 g/mol. The Kier molecular flexibility index (Phi) is 1.97. The summed E-state index contributed by atoms with van der Waals surface area (Å²) in [7, 11) is 0. The van der Waals surface area contributed by atoms with E-state index >= 15 is 0 Å². The van der Waals surface area contributed by atoms with E-state index in [1.54, 1.807) is 6.33 Å². The molecule has 1 heterocycles. The zero-order valence-corrected chi connectivity index (χ0v) is 7.86. The molecule has 1 atom stereocenters. The molecule has 0 radical (unpaired) electrons. The fourth-order valence-corrected chi connectivity index (χ4v) is 1.56. The summed E-state index contributed by atoms with van der Waals surface area (Å²) in [5.41, 5.74) is 3.42. The van der Waals surface area contributed by atoms with Crippen LogP contribution in [0.15, 0.2) is 24.7 Å². The van der Waals surface area contributed by atoms with Crippen LogP contribution in [0.25, 0.3) is 11.6 Å². The van der Waals surface area contributed by atoms with Gasteiger partial charge in [-0.2, -0.15) is 0 Å². The van der Waals surface area contributed by atoms with Crippen LogP contribution in [-0.4, -0.2) is 9.97 Å². The lowest BCUT2D eigenvalue weighted by atomic mass is 10.1. The smallest absolute Gasteiger partial charge is 0.116 e. The molecule has 66 valence electrons. The highest BCUT2D eigenvalue weighted by molar-refractivity contribution is 5.72. The Hall–Kier alpha value is -1.44. The van der Waals surface area contributed by atoms with Crippen molar-refractivity contribution >= 4 is 11.6 Å². The lowest BCUT2D eigenvalue weighted by Gasteiger charge is -2.02. The molecule has 0 N–H and O–H groups in total. The van der Waals surface area contributed by atoms with Gasteiger partial charge in [0.2, 0.25) is 0 Å². The van der Waals surface area contributed by atoms with Gasteiger partial charge in [-0.05, 0) is 24.5 Å². The zero-order chi connectivity index (χ0) is 9.26. The van der Waals surface area contributed by atoms with Crippen molar-refractivity contribution in [1.29, 1.82) is 0 Å². The van der Waals surface area contributed by atoms with Gasteiger partial charge in [-0.25, -0.2) is 9.97 Å². The van der Waals surface area contributed by atoms with Gasteiger partial charge >= 0.3 is 0 Å². The molecule has 0 aliphatic heterocycles. The van der Waals surface area contributed by atoms with Gasteiger partial charge in [-0.1, -0.05) is 19.1 Å². The number of rotatable bonds is 0. The van der Waals surface area contributed by atoms with Crippen molar-refractivity contribution in [3.63, 3.8) is 0 Å². The van der Waals surface area contributed by atoms with Crippen molar-refractivity contribution in [1.82, 2.24) is 9.97 Å². The number of fused-ring (bicyclic) bond motifs is 1. The van der Waals surface area contributed by atoms with Crippen molar-refractivity contribution in [2.45, 2.75) is 13.8 Å². The van der Waals surface area contributed by atoms with Crippen LogP contribution in [0.3, 0.4) is 0 Å². The summed E-state index contributed by atoms with van der Waals surface area (Å²) in [6.07, 6.45) is 9.91. The van der Waals surface area contributed by atoms with E-state index in [1.165, 1.54) is 5.57 Å². The molecule has 0 saturated carbocycles. The molecule has 13 heavy (non-hydrogen) atoms. The van der Waals surface area contributed by atoms with Crippen LogP contribution in [-0.2, 0) is 0 Å². The van der Waals surface area contributed by atoms with Crippen molar-refractivity contribution in [3.05, 3.63) is 35.9 Å². The molecule has 0 saturated heterocycles. The predicted molar refractivity (Wildman–Crippen MR) is 53.9 cm³/mol. The Bertz CT molecular complexity index is 377. The minimum atomic E-state index is 0.481. The fraction of sp³-hybridized carbons (Fsp3) is 0.273. The molecular formula is C11H12N2. The van der Waals surface area contributed by atoms with Gasteiger partial charge in [0.1, 0.15) is 6.33 Å². The Morgan fingerprint density at radius 3 is 3.08 bits per heavy atom. The topological polar surface area (TPSA) is 25.8 Å². The van der Waals surface area contributed by atoms with E-state index in [-0.39, 0.29) is 0 Å². The molecule has 1 unspecified atom stereocenters. The molecule has 2 nitrogen and oxygen atoms in total. The van der Waals surface area contributed by atoms with Crippen LogP contribution in [0.1, 0.15) is 25.1 Å². The van der Waals surface area contributed by atoms with Crippen LogP contribution < -0.4 is 0 Å². The minimum Gasteiger partial charge on any atom is -0.244 e.